The molecule has 0 saturated carbocycles. The third-order valence-electron chi connectivity index (χ3n) is 3.50. The van der Waals surface area contributed by atoms with Crippen molar-refractivity contribution in [1.82, 2.24) is 10.6 Å². The van der Waals surface area contributed by atoms with Crippen molar-refractivity contribution in [3.8, 4) is 11.5 Å². The highest BCUT2D eigenvalue weighted by Gasteiger charge is 2.15. The van der Waals surface area contributed by atoms with Gasteiger partial charge >= 0.3 is 0 Å². The summed E-state index contributed by atoms with van der Waals surface area (Å²) >= 11 is 11.9. The first-order valence-corrected chi connectivity index (χ1v) is 8.45. The van der Waals surface area contributed by atoms with Gasteiger partial charge in [0.1, 0.15) is 0 Å². The van der Waals surface area contributed by atoms with Gasteiger partial charge in [0, 0.05) is 29.2 Å². The summed E-state index contributed by atoms with van der Waals surface area (Å²) in [6.07, 6.45) is 0. The van der Waals surface area contributed by atoms with Crippen molar-refractivity contribution in [2.45, 2.75) is 0 Å². The molecule has 0 bridgehead atoms. The van der Waals surface area contributed by atoms with Crippen LogP contribution in [0.1, 0.15) is 20.7 Å². The van der Waals surface area contributed by atoms with E-state index in [0.29, 0.717) is 27.6 Å². The highest BCUT2D eigenvalue weighted by Crippen LogP contribution is 2.35. The molecular weight excluding hydrogens is 379 g/mol. The molecular formula is C18H18Cl2N2O4. The summed E-state index contributed by atoms with van der Waals surface area (Å²) in [5, 5.41) is 6.24. The first-order chi connectivity index (χ1) is 12.5. The second-order valence-corrected chi connectivity index (χ2v) is 6.06. The van der Waals surface area contributed by atoms with Crippen molar-refractivity contribution in [1.29, 1.82) is 0 Å². The summed E-state index contributed by atoms with van der Waals surface area (Å²) in [7, 11) is 2.93. The van der Waals surface area contributed by atoms with Crippen LogP contribution < -0.4 is 20.1 Å². The maximum atomic E-state index is 12.2. The van der Waals surface area contributed by atoms with Crippen LogP contribution in [0.4, 0.5) is 0 Å². The number of rotatable bonds is 7. The Morgan fingerprint density at radius 1 is 0.885 bits per heavy atom. The van der Waals surface area contributed by atoms with E-state index in [1.54, 1.807) is 24.3 Å². The van der Waals surface area contributed by atoms with E-state index < -0.39 is 0 Å². The summed E-state index contributed by atoms with van der Waals surface area (Å²) in [5.41, 5.74) is 0.823. The molecule has 0 spiro atoms. The lowest BCUT2D eigenvalue weighted by atomic mass is 10.2. The van der Waals surface area contributed by atoms with Crippen LogP contribution in [0, 0.1) is 0 Å². The van der Waals surface area contributed by atoms with Crippen LogP contribution in [0.5, 0.6) is 11.5 Å². The molecule has 2 aromatic rings. The van der Waals surface area contributed by atoms with Gasteiger partial charge in [-0.05, 0) is 36.4 Å². The second kappa shape index (κ2) is 9.31. The third-order valence-corrected chi connectivity index (χ3v) is 4.03. The maximum Gasteiger partial charge on any atom is 0.251 e. The molecule has 0 unspecified atom stereocenters. The zero-order valence-electron chi connectivity index (χ0n) is 14.3. The van der Waals surface area contributed by atoms with Gasteiger partial charge < -0.3 is 20.1 Å². The lowest BCUT2D eigenvalue weighted by molar-refractivity contribution is 0.0927. The molecule has 0 heterocycles. The van der Waals surface area contributed by atoms with Crippen molar-refractivity contribution >= 4 is 35.0 Å². The zero-order chi connectivity index (χ0) is 19.1. The van der Waals surface area contributed by atoms with E-state index in [2.05, 4.69) is 10.6 Å². The van der Waals surface area contributed by atoms with Gasteiger partial charge in [0.2, 0.25) is 0 Å². The molecule has 138 valence electrons. The predicted octanol–water partition coefficient (Wildman–Crippen LogP) is 3.17. The number of ether oxygens (including phenoxy) is 2. The molecule has 2 amide bonds. The Morgan fingerprint density at radius 3 is 2.00 bits per heavy atom. The van der Waals surface area contributed by atoms with E-state index >= 15 is 0 Å². The van der Waals surface area contributed by atoms with Gasteiger partial charge in [-0.3, -0.25) is 9.59 Å². The van der Waals surface area contributed by atoms with Gasteiger partial charge in [-0.25, -0.2) is 0 Å². The molecule has 26 heavy (non-hydrogen) atoms. The van der Waals surface area contributed by atoms with E-state index in [1.165, 1.54) is 26.4 Å². The molecule has 0 atom stereocenters. The topological polar surface area (TPSA) is 76.7 Å². The second-order valence-electron chi connectivity index (χ2n) is 5.21. The van der Waals surface area contributed by atoms with E-state index in [0.717, 1.165) is 0 Å². The number of nitrogens with one attached hydrogen (secondary N) is 2. The minimum Gasteiger partial charge on any atom is -0.493 e. The number of amides is 2. The summed E-state index contributed by atoms with van der Waals surface area (Å²) in [6, 6.07) is 9.55. The third kappa shape index (κ3) is 5.03. The van der Waals surface area contributed by atoms with Crippen molar-refractivity contribution in [3.05, 3.63) is 57.6 Å². The number of halogens is 2. The Morgan fingerprint density at radius 2 is 1.46 bits per heavy atom. The largest absolute Gasteiger partial charge is 0.493 e. The molecule has 8 heteroatoms. The Hall–Kier alpha value is -2.44. The van der Waals surface area contributed by atoms with Gasteiger partial charge in [0.15, 0.2) is 11.5 Å². The SMILES string of the molecule is COc1cc(C(=O)NCCNC(=O)c2ccc(Cl)cc2)cc(Cl)c1OC. The Bertz CT molecular complexity index is 795. The molecule has 0 aliphatic heterocycles. The van der Waals surface area contributed by atoms with Crippen LogP contribution in [0.15, 0.2) is 36.4 Å². The van der Waals surface area contributed by atoms with E-state index in [9.17, 15) is 9.59 Å². The fourth-order valence-corrected chi connectivity index (χ4v) is 2.62. The minimum absolute atomic E-state index is 0.245. The first-order valence-electron chi connectivity index (χ1n) is 7.69. The van der Waals surface area contributed by atoms with E-state index in [4.69, 9.17) is 32.7 Å². The molecule has 2 aromatic carbocycles. The highest BCUT2D eigenvalue weighted by atomic mass is 35.5. The summed E-state index contributed by atoms with van der Waals surface area (Å²) in [6.45, 7) is 0.526. The number of carbonyl (C=O) groups excluding carboxylic acids is 2. The van der Waals surface area contributed by atoms with Crippen LogP contribution >= 0.6 is 23.2 Å². The van der Waals surface area contributed by atoms with Crippen molar-refractivity contribution in [2.75, 3.05) is 27.3 Å². The van der Waals surface area contributed by atoms with E-state index in [-0.39, 0.29) is 29.9 Å². The molecule has 0 fully saturated rings. The Labute approximate surface area is 161 Å². The van der Waals surface area contributed by atoms with Crippen LogP contribution in [0.3, 0.4) is 0 Å². The number of carbonyl (C=O) groups is 2. The van der Waals surface area contributed by atoms with Crippen molar-refractivity contribution in [3.63, 3.8) is 0 Å². The lowest BCUT2D eigenvalue weighted by Crippen LogP contribution is -2.34. The molecule has 2 N–H and O–H groups in total. The standard InChI is InChI=1S/C18H18Cl2N2O4/c1-25-15-10-12(9-14(20)16(15)26-2)18(24)22-8-7-21-17(23)11-3-5-13(19)6-4-11/h3-6,9-10H,7-8H2,1-2H3,(H,21,23)(H,22,24). The van der Waals surface area contributed by atoms with Gasteiger partial charge in [0.05, 0.1) is 19.2 Å². The first kappa shape index (κ1) is 19.9. The molecule has 0 radical (unpaired) electrons. The van der Waals surface area contributed by atoms with Gasteiger partial charge in [-0.15, -0.1) is 0 Å². The smallest absolute Gasteiger partial charge is 0.251 e. The Kier molecular flexibility index (Phi) is 7.12. The minimum atomic E-state index is -0.339. The Balaban J connectivity index is 1.88. The van der Waals surface area contributed by atoms with Gasteiger partial charge in [-0.1, -0.05) is 23.2 Å². The van der Waals surface area contributed by atoms with Crippen LogP contribution in [-0.4, -0.2) is 39.1 Å². The van der Waals surface area contributed by atoms with Crippen LogP contribution in [0.2, 0.25) is 10.0 Å². The van der Waals surface area contributed by atoms with Crippen molar-refractivity contribution in [2.24, 2.45) is 0 Å². The number of hydrogen-bond donors (Lipinski definition) is 2. The highest BCUT2D eigenvalue weighted by molar-refractivity contribution is 6.32. The summed E-state index contributed by atoms with van der Waals surface area (Å²) in [5.74, 6) is 0.140. The number of benzene rings is 2. The quantitative estimate of drug-likeness (QED) is 0.704. The maximum absolute atomic E-state index is 12.2. The van der Waals surface area contributed by atoms with Crippen molar-refractivity contribution < 1.29 is 19.1 Å². The molecule has 0 aromatic heterocycles. The zero-order valence-corrected chi connectivity index (χ0v) is 15.8. The average molecular weight is 397 g/mol. The van der Waals surface area contributed by atoms with Crippen LogP contribution in [0.25, 0.3) is 0 Å². The molecule has 0 aliphatic carbocycles. The summed E-state index contributed by atoms with van der Waals surface area (Å²) in [4.78, 5) is 24.2. The molecule has 6 nitrogen and oxygen atoms in total. The van der Waals surface area contributed by atoms with E-state index in [1.807, 2.05) is 0 Å². The monoisotopic (exact) mass is 396 g/mol. The summed E-state index contributed by atoms with van der Waals surface area (Å²) < 4.78 is 10.3. The van der Waals surface area contributed by atoms with Gasteiger partial charge in [0.25, 0.3) is 11.8 Å². The number of hydrogen-bond acceptors (Lipinski definition) is 4. The van der Waals surface area contributed by atoms with Gasteiger partial charge in [-0.2, -0.15) is 0 Å². The fraction of sp³-hybridized carbons (Fsp3) is 0.222. The normalized spacial score (nSPS) is 10.2. The average Bonchev–Trinajstić information content (AvgIpc) is 2.64. The number of methoxy groups -OCH3 is 2. The molecule has 0 saturated heterocycles. The molecule has 0 aliphatic rings. The van der Waals surface area contributed by atoms with Crippen LogP contribution in [-0.2, 0) is 0 Å². The lowest BCUT2D eigenvalue weighted by Gasteiger charge is -2.12. The molecule has 2 rings (SSSR count). The fourth-order valence-electron chi connectivity index (χ4n) is 2.21. The predicted molar refractivity (Wildman–Crippen MR) is 101 cm³/mol.